The van der Waals surface area contributed by atoms with Crippen molar-refractivity contribution < 1.29 is 13.2 Å². The summed E-state index contributed by atoms with van der Waals surface area (Å²) in [4.78, 5) is 12.1. The quantitative estimate of drug-likeness (QED) is 0.724. The molecule has 5 nitrogen and oxygen atoms in total. The van der Waals surface area contributed by atoms with Crippen molar-refractivity contribution in [2.75, 3.05) is 10.6 Å². The monoisotopic (exact) mass is 345 g/mol. The Morgan fingerprint density at radius 3 is 2.44 bits per heavy atom. The minimum absolute atomic E-state index is 0.218. The molecule has 0 unspecified atom stereocenters. The lowest BCUT2D eigenvalue weighted by molar-refractivity contribution is -0.137. The molecule has 2 N–H and O–H groups in total. The van der Waals surface area contributed by atoms with Crippen molar-refractivity contribution in [3.8, 4) is 0 Å². The van der Waals surface area contributed by atoms with Crippen molar-refractivity contribution >= 4 is 17.3 Å². The van der Waals surface area contributed by atoms with E-state index in [-0.39, 0.29) is 6.54 Å². The molecule has 3 rings (SSSR count). The minimum atomic E-state index is -4.35. The van der Waals surface area contributed by atoms with Gasteiger partial charge in [0.1, 0.15) is 18.0 Å². The predicted octanol–water partition coefficient (Wildman–Crippen LogP) is 4.25. The van der Waals surface area contributed by atoms with Crippen molar-refractivity contribution in [1.82, 2.24) is 15.0 Å². The van der Waals surface area contributed by atoms with E-state index in [1.165, 1.54) is 12.4 Å². The zero-order valence-electron chi connectivity index (χ0n) is 13.0. The maximum atomic E-state index is 12.7. The summed E-state index contributed by atoms with van der Waals surface area (Å²) in [5, 5.41) is 6.09. The molecule has 0 bridgehead atoms. The van der Waals surface area contributed by atoms with Gasteiger partial charge in [0.2, 0.25) is 0 Å². The molecule has 25 heavy (non-hydrogen) atoms. The normalized spacial score (nSPS) is 11.2. The highest BCUT2D eigenvalue weighted by atomic mass is 19.4. The Hall–Kier alpha value is -3.16. The maximum Gasteiger partial charge on any atom is 0.416 e. The summed E-state index contributed by atoms with van der Waals surface area (Å²) in [5.41, 5.74) is 0.657. The van der Waals surface area contributed by atoms with Crippen LogP contribution < -0.4 is 10.6 Å². The van der Waals surface area contributed by atoms with Gasteiger partial charge in [0.15, 0.2) is 0 Å². The smallest absolute Gasteiger partial charge is 0.366 e. The third kappa shape index (κ3) is 4.66. The van der Waals surface area contributed by atoms with E-state index < -0.39 is 11.7 Å². The van der Waals surface area contributed by atoms with Gasteiger partial charge in [-0.3, -0.25) is 4.98 Å². The van der Waals surface area contributed by atoms with Gasteiger partial charge in [-0.2, -0.15) is 13.2 Å². The van der Waals surface area contributed by atoms with E-state index >= 15 is 0 Å². The van der Waals surface area contributed by atoms with Crippen molar-refractivity contribution in [2.45, 2.75) is 12.7 Å². The van der Waals surface area contributed by atoms with E-state index in [1.807, 2.05) is 0 Å². The average Bonchev–Trinajstić information content (AvgIpc) is 2.61. The first kappa shape index (κ1) is 16.7. The number of nitrogens with zero attached hydrogens (tertiary/aromatic N) is 3. The zero-order chi connectivity index (χ0) is 17.7. The van der Waals surface area contributed by atoms with Crippen LogP contribution in [0.5, 0.6) is 0 Å². The van der Waals surface area contributed by atoms with E-state index in [0.717, 1.165) is 17.8 Å². The first-order chi connectivity index (χ1) is 12.0. The van der Waals surface area contributed by atoms with Crippen LogP contribution in [0.3, 0.4) is 0 Å². The lowest BCUT2D eigenvalue weighted by Gasteiger charge is -2.11. The van der Waals surface area contributed by atoms with Gasteiger partial charge in [0.25, 0.3) is 0 Å². The van der Waals surface area contributed by atoms with E-state index in [0.29, 0.717) is 17.2 Å². The van der Waals surface area contributed by atoms with Crippen molar-refractivity contribution in [1.29, 1.82) is 0 Å². The Morgan fingerprint density at radius 1 is 0.920 bits per heavy atom. The van der Waals surface area contributed by atoms with E-state index in [1.54, 1.807) is 36.7 Å². The highest BCUT2D eigenvalue weighted by Crippen LogP contribution is 2.29. The molecule has 2 aromatic heterocycles. The molecule has 0 amide bonds. The summed E-state index contributed by atoms with van der Waals surface area (Å²) in [5.74, 6) is 1.07. The average molecular weight is 345 g/mol. The summed E-state index contributed by atoms with van der Waals surface area (Å²) in [6.45, 7) is 0.218. The Morgan fingerprint density at radius 2 is 1.68 bits per heavy atom. The van der Waals surface area contributed by atoms with Crippen LogP contribution in [0.2, 0.25) is 0 Å². The van der Waals surface area contributed by atoms with Crippen molar-refractivity contribution in [2.24, 2.45) is 0 Å². The molecule has 0 saturated carbocycles. The molecule has 0 aliphatic carbocycles. The van der Waals surface area contributed by atoms with Gasteiger partial charge < -0.3 is 10.6 Å². The molecule has 1 aromatic carbocycles. The molecule has 128 valence electrons. The molecule has 2 heterocycles. The maximum absolute atomic E-state index is 12.7. The second-order valence-corrected chi connectivity index (χ2v) is 5.20. The standard InChI is InChI=1S/C17H14F3N5/c18-17(19,20)13-3-1-2-12(8-13)10-22-15-9-16(24-11-23-15)25-14-4-6-21-7-5-14/h1-9,11H,10H2,(H2,21,22,23,24,25). The third-order valence-corrected chi connectivity index (χ3v) is 3.35. The van der Waals surface area contributed by atoms with Crippen molar-refractivity contribution in [3.05, 3.63) is 72.3 Å². The lowest BCUT2D eigenvalue weighted by atomic mass is 10.1. The van der Waals surface area contributed by atoms with Crippen molar-refractivity contribution in [3.63, 3.8) is 0 Å². The SMILES string of the molecule is FC(F)(F)c1cccc(CNc2cc(Nc3ccncc3)ncn2)c1. The number of rotatable bonds is 5. The number of halogens is 3. The number of anilines is 3. The number of nitrogens with one attached hydrogen (secondary N) is 2. The lowest BCUT2D eigenvalue weighted by Crippen LogP contribution is -2.07. The Kier molecular flexibility index (Phi) is 4.78. The number of aromatic nitrogens is 3. The van der Waals surface area contributed by atoms with Crippen LogP contribution in [0, 0.1) is 0 Å². The number of benzene rings is 1. The number of alkyl halides is 3. The largest absolute Gasteiger partial charge is 0.416 e. The van der Waals surface area contributed by atoms with Crippen LogP contribution in [0.1, 0.15) is 11.1 Å². The van der Waals surface area contributed by atoms with Gasteiger partial charge in [0, 0.05) is 30.7 Å². The van der Waals surface area contributed by atoms with E-state index in [2.05, 4.69) is 25.6 Å². The molecule has 8 heteroatoms. The van der Waals surface area contributed by atoms with Crippen LogP contribution in [-0.2, 0) is 12.7 Å². The highest BCUT2D eigenvalue weighted by Gasteiger charge is 2.30. The number of pyridine rings is 1. The molecule has 0 saturated heterocycles. The minimum Gasteiger partial charge on any atom is -0.366 e. The van der Waals surface area contributed by atoms with Crippen LogP contribution in [0.25, 0.3) is 0 Å². The first-order valence-corrected chi connectivity index (χ1v) is 7.40. The first-order valence-electron chi connectivity index (χ1n) is 7.40. The van der Waals surface area contributed by atoms with Gasteiger partial charge in [-0.05, 0) is 29.8 Å². The van der Waals surface area contributed by atoms with Crippen LogP contribution in [-0.4, -0.2) is 15.0 Å². The van der Waals surface area contributed by atoms with Gasteiger partial charge >= 0.3 is 6.18 Å². The number of hydrogen-bond donors (Lipinski definition) is 2. The Labute approximate surface area is 142 Å². The van der Waals surface area contributed by atoms with Crippen LogP contribution in [0.15, 0.2) is 61.2 Å². The molecule has 0 fully saturated rings. The molecular formula is C17H14F3N5. The molecular weight excluding hydrogens is 331 g/mol. The Balaban J connectivity index is 1.67. The fourth-order valence-corrected chi connectivity index (χ4v) is 2.16. The summed E-state index contributed by atoms with van der Waals surface area (Å²) >= 11 is 0. The van der Waals surface area contributed by atoms with Gasteiger partial charge in [-0.25, -0.2) is 9.97 Å². The van der Waals surface area contributed by atoms with E-state index in [9.17, 15) is 13.2 Å². The topological polar surface area (TPSA) is 62.7 Å². The summed E-state index contributed by atoms with van der Waals surface area (Å²) < 4.78 is 38.2. The molecule has 0 aliphatic heterocycles. The summed E-state index contributed by atoms with van der Waals surface area (Å²) in [7, 11) is 0. The molecule has 0 aliphatic rings. The fraction of sp³-hybridized carbons (Fsp3) is 0.118. The predicted molar refractivity (Wildman–Crippen MR) is 88.3 cm³/mol. The fourth-order valence-electron chi connectivity index (χ4n) is 2.16. The molecule has 0 spiro atoms. The molecule has 3 aromatic rings. The third-order valence-electron chi connectivity index (χ3n) is 3.35. The summed E-state index contributed by atoms with van der Waals surface area (Å²) in [6, 6.07) is 10.4. The second-order valence-electron chi connectivity index (χ2n) is 5.20. The number of hydrogen-bond acceptors (Lipinski definition) is 5. The van der Waals surface area contributed by atoms with Crippen LogP contribution >= 0.6 is 0 Å². The Bertz CT molecular complexity index is 837. The second kappa shape index (κ2) is 7.16. The summed E-state index contributed by atoms with van der Waals surface area (Å²) in [6.07, 6.45) is 0.317. The zero-order valence-corrected chi connectivity index (χ0v) is 13.0. The van der Waals surface area contributed by atoms with Gasteiger partial charge in [0.05, 0.1) is 5.56 Å². The van der Waals surface area contributed by atoms with Crippen LogP contribution in [0.4, 0.5) is 30.5 Å². The van der Waals surface area contributed by atoms with Gasteiger partial charge in [-0.15, -0.1) is 0 Å². The molecule has 0 atom stereocenters. The highest BCUT2D eigenvalue weighted by molar-refractivity contribution is 5.58. The van der Waals surface area contributed by atoms with E-state index in [4.69, 9.17) is 0 Å². The molecule has 0 radical (unpaired) electrons. The van der Waals surface area contributed by atoms with Gasteiger partial charge in [-0.1, -0.05) is 12.1 Å².